The van der Waals surface area contributed by atoms with Crippen LogP contribution in [0.2, 0.25) is 0 Å². The molecule has 1 saturated carbocycles. The van der Waals surface area contributed by atoms with Crippen LogP contribution in [-0.4, -0.2) is 48.2 Å². The third kappa shape index (κ3) is 4.33. The van der Waals surface area contributed by atoms with Crippen molar-refractivity contribution in [3.63, 3.8) is 0 Å². The third-order valence-corrected chi connectivity index (χ3v) is 5.44. The average molecular weight is 353 g/mol. The summed E-state index contributed by atoms with van der Waals surface area (Å²) in [6, 6.07) is 6.68. The van der Waals surface area contributed by atoms with E-state index in [1.54, 1.807) is 6.07 Å². The molecule has 0 amide bonds. The molecule has 1 aromatic rings. The second-order valence-electron chi connectivity index (χ2n) is 7.10. The van der Waals surface area contributed by atoms with Crippen molar-refractivity contribution in [3.05, 3.63) is 22.9 Å². The van der Waals surface area contributed by atoms with E-state index >= 15 is 0 Å². The smallest absolute Gasteiger partial charge is 0.232 e. The van der Waals surface area contributed by atoms with E-state index in [2.05, 4.69) is 27.3 Å². The first-order chi connectivity index (χ1) is 12.7. The Hall–Kier alpha value is -2.15. The first-order valence-electron chi connectivity index (χ1n) is 9.70. The zero-order valence-corrected chi connectivity index (χ0v) is 15.5. The molecule has 1 aromatic heterocycles. The van der Waals surface area contributed by atoms with Crippen molar-refractivity contribution in [2.45, 2.75) is 57.6 Å². The van der Waals surface area contributed by atoms with Gasteiger partial charge >= 0.3 is 0 Å². The van der Waals surface area contributed by atoms with E-state index in [0.29, 0.717) is 29.1 Å². The normalized spacial score (nSPS) is 18.7. The van der Waals surface area contributed by atoms with Crippen LogP contribution in [0.5, 0.6) is 5.88 Å². The van der Waals surface area contributed by atoms with Crippen molar-refractivity contribution < 1.29 is 4.74 Å². The summed E-state index contributed by atoms with van der Waals surface area (Å²) in [4.78, 5) is 7.11. The molecule has 0 spiro atoms. The summed E-state index contributed by atoms with van der Waals surface area (Å²) in [6.07, 6.45) is 6.70. The van der Waals surface area contributed by atoms with Gasteiger partial charge in [-0.15, -0.1) is 0 Å². The average Bonchev–Trinajstić information content (AvgIpc) is 2.62. The highest BCUT2D eigenvalue weighted by molar-refractivity contribution is 5.47. The minimum absolute atomic E-state index is 0.0977. The summed E-state index contributed by atoms with van der Waals surface area (Å²) in [6.45, 7) is 5.79. The fraction of sp³-hybridized carbons (Fsp3) is 0.650. The van der Waals surface area contributed by atoms with E-state index in [0.717, 1.165) is 45.1 Å². The monoisotopic (exact) mass is 353 g/mol. The molecule has 26 heavy (non-hydrogen) atoms. The third-order valence-electron chi connectivity index (χ3n) is 5.44. The minimum Gasteiger partial charge on any atom is -0.473 e. The van der Waals surface area contributed by atoms with Gasteiger partial charge in [-0.3, -0.25) is 0 Å². The van der Waals surface area contributed by atoms with E-state index in [9.17, 15) is 10.5 Å². The molecule has 0 atom stereocenters. The number of nitriles is 2. The van der Waals surface area contributed by atoms with Gasteiger partial charge in [0.1, 0.15) is 23.8 Å². The molecule has 0 radical (unpaired) electrons. The maximum atomic E-state index is 9.43. The number of likely N-dealkylation sites (tertiary alicyclic amines) is 1. The molecular formula is C20H27N5O. The number of aromatic nitrogens is 1. The number of likely N-dealkylation sites (N-methyl/N-ethyl adjacent to an activating group) is 1. The minimum atomic E-state index is 0.0977. The number of piperidine rings is 1. The van der Waals surface area contributed by atoms with E-state index in [-0.39, 0.29) is 6.10 Å². The topological polar surface area (TPSA) is 85.0 Å². The summed E-state index contributed by atoms with van der Waals surface area (Å²) < 4.78 is 6.11. The van der Waals surface area contributed by atoms with Crippen LogP contribution in [0.3, 0.4) is 0 Å². The van der Waals surface area contributed by atoms with Gasteiger partial charge in [0.15, 0.2) is 0 Å². The Labute approximate surface area is 155 Å². The molecule has 2 aliphatic rings. The molecule has 1 saturated heterocycles. The van der Waals surface area contributed by atoms with Crippen LogP contribution in [0.4, 0.5) is 0 Å². The quantitative estimate of drug-likeness (QED) is 0.758. The molecule has 0 aromatic carbocycles. The molecule has 3 rings (SSSR count). The number of nitrogens with one attached hydrogen (secondary N) is 1. The number of hydrogen-bond donors (Lipinski definition) is 1. The first kappa shape index (κ1) is 18.6. The Balaban J connectivity index is 1.67. The highest BCUT2D eigenvalue weighted by atomic mass is 16.5. The molecule has 1 aliphatic carbocycles. The van der Waals surface area contributed by atoms with Crippen LogP contribution < -0.4 is 10.1 Å². The Bertz CT molecular complexity index is 693. The molecule has 1 N–H and O–H groups in total. The van der Waals surface area contributed by atoms with Gasteiger partial charge in [0.2, 0.25) is 5.88 Å². The summed E-state index contributed by atoms with van der Waals surface area (Å²) in [7, 11) is 0. The molecule has 0 unspecified atom stereocenters. The van der Waals surface area contributed by atoms with Crippen molar-refractivity contribution in [2.75, 3.05) is 26.2 Å². The van der Waals surface area contributed by atoms with Gasteiger partial charge in [0, 0.05) is 32.1 Å². The second-order valence-corrected chi connectivity index (χ2v) is 7.10. The van der Waals surface area contributed by atoms with Crippen molar-refractivity contribution in [1.82, 2.24) is 15.2 Å². The molecule has 2 heterocycles. The predicted octanol–water partition coefficient (Wildman–Crippen LogP) is 2.37. The molecule has 0 bridgehead atoms. The first-order valence-corrected chi connectivity index (χ1v) is 9.70. The SMILES string of the molecule is CCNCCc1nc(OC2CCN(C3CCC3)CC2)c(C#N)cc1C#N. The fourth-order valence-corrected chi connectivity index (χ4v) is 3.64. The lowest BCUT2D eigenvalue weighted by Crippen LogP contribution is -2.46. The predicted molar refractivity (Wildman–Crippen MR) is 98.8 cm³/mol. The Morgan fingerprint density at radius 3 is 2.50 bits per heavy atom. The number of nitrogens with zero attached hydrogens (tertiary/aromatic N) is 4. The van der Waals surface area contributed by atoms with Gasteiger partial charge in [0.25, 0.3) is 0 Å². The van der Waals surface area contributed by atoms with Crippen LogP contribution in [0.1, 0.15) is 55.8 Å². The van der Waals surface area contributed by atoms with Crippen LogP contribution in [-0.2, 0) is 6.42 Å². The summed E-state index contributed by atoms with van der Waals surface area (Å²) in [5.74, 6) is 0.389. The molecule has 2 fully saturated rings. The van der Waals surface area contributed by atoms with E-state index in [1.807, 2.05) is 6.92 Å². The zero-order valence-electron chi connectivity index (χ0n) is 15.5. The Kier molecular flexibility index (Phi) is 6.44. The van der Waals surface area contributed by atoms with Gasteiger partial charge in [-0.2, -0.15) is 10.5 Å². The maximum Gasteiger partial charge on any atom is 0.232 e. The Morgan fingerprint density at radius 2 is 1.92 bits per heavy atom. The lowest BCUT2D eigenvalue weighted by molar-refractivity contribution is 0.0473. The summed E-state index contributed by atoms with van der Waals surface area (Å²) >= 11 is 0. The largest absolute Gasteiger partial charge is 0.473 e. The van der Waals surface area contributed by atoms with Crippen LogP contribution >= 0.6 is 0 Å². The van der Waals surface area contributed by atoms with Crippen molar-refractivity contribution in [3.8, 4) is 18.0 Å². The molecular weight excluding hydrogens is 326 g/mol. The van der Waals surface area contributed by atoms with Crippen LogP contribution in [0.25, 0.3) is 0 Å². The van der Waals surface area contributed by atoms with Gasteiger partial charge in [-0.05, 0) is 38.3 Å². The maximum absolute atomic E-state index is 9.43. The van der Waals surface area contributed by atoms with Gasteiger partial charge < -0.3 is 15.0 Å². The number of pyridine rings is 1. The molecule has 1 aliphatic heterocycles. The van der Waals surface area contributed by atoms with Crippen LogP contribution in [0, 0.1) is 22.7 Å². The van der Waals surface area contributed by atoms with E-state index < -0.39 is 0 Å². The lowest BCUT2D eigenvalue weighted by atomic mass is 9.90. The lowest BCUT2D eigenvalue weighted by Gasteiger charge is -2.41. The molecule has 6 heteroatoms. The zero-order chi connectivity index (χ0) is 18.4. The van der Waals surface area contributed by atoms with Crippen molar-refractivity contribution >= 4 is 0 Å². The van der Waals surface area contributed by atoms with Gasteiger partial charge in [0.05, 0.1) is 11.3 Å². The highest BCUT2D eigenvalue weighted by Gasteiger charge is 2.30. The number of ether oxygens (including phenoxy) is 1. The number of rotatable bonds is 7. The summed E-state index contributed by atoms with van der Waals surface area (Å²) in [5.41, 5.74) is 1.52. The second kappa shape index (κ2) is 8.98. The van der Waals surface area contributed by atoms with Crippen LogP contribution in [0.15, 0.2) is 6.07 Å². The highest BCUT2D eigenvalue weighted by Crippen LogP contribution is 2.29. The molecule has 6 nitrogen and oxygen atoms in total. The van der Waals surface area contributed by atoms with E-state index in [1.165, 1.54) is 19.3 Å². The summed E-state index contributed by atoms with van der Waals surface area (Å²) in [5, 5.41) is 22.0. The van der Waals surface area contributed by atoms with Crippen molar-refractivity contribution in [1.29, 1.82) is 10.5 Å². The van der Waals surface area contributed by atoms with E-state index in [4.69, 9.17) is 4.74 Å². The molecule has 138 valence electrons. The van der Waals surface area contributed by atoms with Gasteiger partial charge in [-0.1, -0.05) is 13.3 Å². The van der Waals surface area contributed by atoms with Gasteiger partial charge in [-0.25, -0.2) is 4.98 Å². The fourth-order valence-electron chi connectivity index (χ4n) is 3.64. The number of hydrogen-bond acceptors (Lipinski definition) is 6. The van der Waals surface area contributed by atoms with Crippen molar-refractivity contribution in [2.24, 2.45) is 0 Å². The Morgan fingerprint density at radius 1 is 1.19 bits per heavy atom. The standard InChI is InChI=1S/C20H27N5O/c1-2-23-9-6-19-15(13-21)12-16(14-22)20(24-19)26-18-7-10-25(11-8-18)17-4-3-5-17/h12,17-18,23H,2-11H2,1H3.